The third-order valence-corrected chi connectivity index (χ3v) is 4.97. The molecule has 2 aromatic rings. The van der Waals surface area contributed by atoms with Crippen LogP contribution in [0, 0.1) is 0 Å². The standard InChI is InChI=1S/C19H21NO3S/c1-22-16-8-5-9-17(12-16)24-14-19(21)20-10-11-23-18(13-20)15-6-3-2-4-7-15/h2-9,12,18H,10-11,13-14H2,1H3/t18-/m1/s1. The van der Waals surface area contributed by atoms with E-state index >= 15 is 0 Å². The van der Waals surface area contributed by atoms with Gasteiger partial charge in [-0.2, -0.15) is 0 Å². The fourth-order valence-electron chi connectivity index (χ4n) is 2.67. The summed E-state index contributed by atoms with van der Waals surface area (Å²) >= 11 is 1.54. The zero-order valence-electron chi connectivity index (χ0n) is 13.7. The highest BCUT2D eigenvalue weighted by atomic mass is 32.2. The van der Waals surface area contributed by atoms with Crippen molar-refractivity contribution in [1.82, 2.24) is 4.90 Å². The average Bonchev–Trinajstić information content (AvgIpc) is 2.67. The number of hydrogen-bond donors (Lipinski definition) is 0. The molecule has 0 spiro atoms. The molecule has 1 amide bonds. The molecule has 0 saturated carbocycles. The van der Waals surface area contributed by atoms with Crippen LogP contribution in [0.2, 0.25) is 0 Å². The van der Waals surface area contributed by atoms with Gasteiger partial charge in [-0.25, -0.2) is 0 Å². The van der Waals surface area contributed by atoms with Crippen LogP contribution in [-0.4, -0.2) is 43.4 Å². The molecule has 0 unspecified atom stereocenters. The Morgan fingerprint density at radius 3 is 2.88 bits per heavy atom. The first-order valence-corrected chi connectivity index (χ1v) is 8.96. The predicted molar refractivity (Wildman–Crippen MR) is 95.4 cm³/mol. The summed E-state index contributed by atoms with van der Waals surface area (Å²) in [5.41, 5.74) is 1.12. The SMILES string of the molecule is COc1cccc(SCC(=O)N2CCO[C@@H](c3ccccc3)C2)c1. The van der Waals surface area contributed by atoms with Gasteiger partial charge >= 0.3 is 0 Å². The Kier molecular flexibility index (Phi) is 5.77. The molecular weight excluding hydrogens is 322 g/mol. The number of carbonyl (C=O) groups excluding carboxylic acids is 1. The van der Waals surface area contributed by atoms with Gasteiger partial charge in [0.1, 0.15) is 11.9 Å². The molecule has 1 heterocycles. The molecule has 1 aliphatic rings. The molecule has 1 atom stereocenters. The number of ether oxygens (including phenoxy) is 2. The molecule has 0 aliphatic carbocycles. The fraction of sp³-hybridized carbons (Fsp3) is 0.316. The minimum atomic E-state index is -0.0364. The van der Waals surface area contributed by atoms with Crippen molar-refractivity contribution in [3.8, 4) is 5.75 Å². The third-order valence-electron chi connectivity index (χ3n) is 3.99. The Labute approximate surface area is 146 Å². The van der Waals surface area contributed by atoms with Gasteiger partial charge in [0, 0.05) is 11.4 Å². The van der Waals surface area contributed by atoms with E-state index in [1.807, 2.05) is 59.5 Å². The Balaban J connectivity index is 1.56. The maximum Gasteiger partial charge on any atom is 0.233 e. The molecular formula is C19H21NO3S. The van der Waals surface area contributed by atoms with Crippen molar-refractivity contribution in [3.63, 3.8) is 0 Å². The summed E-state index contributed by atoms with van der Waals surface area (Å²) < 4.78 is 11.0. The molecule has 2 aromatic carbocycles. The van der Waals surface area contributed by atoms with E-state index in [1.165, 1.54) is 11.8 Å². The highest BCUT2D eigenvalue weighted by molar-refractivity contribution is 8.00. The Hall–Kier alpha value is -1.98. The van der Waals surface area contributed by atoms with Crippen molar-refractivity contribution in [1.29, 1.82) is 0 Å². The van der Waals surface area contributed by atoms with Gasteiger partial charge in [-0.1, -0.05) is 36.4 Å². The van der Waals surface area contributed by atoms with E-state index in [1.54, 1.807) is 7.11 Å². The zero-order valence-corrected chi connectivity index (χ0v) is 14.5. The van der Waals surface area contributed by atoms with E-state index in [9.17, 15) is 4.79 Å². The molecule has 0 radical (unpaired) electrons. The van der Waals surface area contributed by atoms with Gasteiger partial charge in [0.2, 0.25) is 5.91 Å². The van der Waals surface area contributed by atoms with E-state index in [2.05, 4.69) is 0 Å². The molecule has 24 heavy (non-hydrogen) atoms. The smallest absolute Gasteiger partial charge is 0.233 e. The molecule has 1 aliphatic heterocycles. The number of amides is 1. The molecule has 126 valence electrons. The van der Waals surface area contributed by atoms with E-state index in [-0.39, 0.29) is 12.0 Å². The van der Waals surface area contributed by atoms with E-state index < -0.39 is 0 Å². The number of benzene rings is 2. The number of rotatable bonds is 5. The number of hydrogen-bond acceptors (Lipinski definition) is 4. The van der Waals surface area contributed by atoms with E-state index in [0.717, 1.165) is 16.2 Å². The van der Waals surface area contributed by atoms with Gasteiger partial charge in [0.15, 0.2) is 0 Å². The van der Waals surface area contributed by atoms with Gasteiger partial charge in [-0.05, 0) is 23.8 Å². The lowest BCUT2D eigenvalue weighted by Gasteiger charge is -2.33. The molecule has 0 N–H and O–H groups in total. The Morgan fingerprint density at radius 2 is 2.08 bits per heavy atom. The number of thioether (sulfide) groups is 1. The monoisotopic (exact) mass is 343 g/mol. The first kappa shape index (κ1) is 16.9. The van der Waals surface area contributed by atoms with Crippen molar-refractivity contribution in [2.24, 2.45) is 0 Å². The molecule has 0 aromatic heterocycles. The van der Waals surface area contributed by atoms with Gasteiger partial charge in [0.25, 0.3) is 0 Å². The van der Waals surface area contributed by atoms with Crippen LogP contribution >= 0.6 is 11.8 Å². The minimum absolute atomic E-state index is 0.0364. The quantitative estimate of drug-likeness (QED) is 0.780. The summed E-state index contributed by atoms with van der Waals surface area (Å²) in [6.45, 7) is 1.84. The second-order valence-corrected chi connectivity index (χ2v) is 6.63. The minimum Gasteiger partial charge on any atom is -0.497 e. The normalized spacial score (nSPS) is 17.5. The zero-order chi connectivity index (χ0) is 16.8. The van der Waals surface area contributed by atoms with Crippen LogP contribution in [0.5, 0.6) is 5.75 Å². The topological polar surface area (TPSA) is 38.8 Å². The second-order valence-electron chi connectivity index (χ2n) is 5.58. The summed E-state index contributed by atoms with van der Waals surface area (Å²) in [5.74, 6) is 1.38. The largest absolute Gasteiger partial charge is 0.497 e. The molecule has 1 saturated heterocycles. The van der Waals surface area contributed by atoms with Crippen LogP contribution in [0.25, 0.3) is 0 Å². The first-order chi connectivity index (χ1) is 11.8. The summed E-state index contributed by atoms with van der Waals surface area (Å²) in [7, 11) is 1.65. The second kappa shape index (κ2) is 8.22. The summed E-state index contributed by atoms with van der Waals surface area (Å²) in [6, 6.07) is 17.9. The fourth-order valence-corrected chi connectivity index (χ4v) is 3.52. The van der Waals surface area contributed by atoms with E-state index in [4.69, 9.17) is 9.47 Å². The molecule has 0 bridgehead atoms. The lowest BCUT2D eigenvalue weighted by molar-refractivity contribution is -0.136. The number of nitrogens with zero attached hydrogens (tertiary/aromatic N) is 1. The summed E-state index contributed by atoms with van der Waals surface area (Å²) in [6.07, 6.45) is -0.0364. The van der Waals surface area contributed by atoms with Crippen molar-refractivity contribution in [3.05, 3.63) is 60.2 Å². The van der Waals surface area contributed by atoms with Crippen molar-refractivity contribution in [2.75, 3.05) is 32.6 Å². The van der Waals surface area contributed by atoms with Crippen LogP contribution in [0.15, 0.2) is 59.5 Å². The maximum absolute atomic E-state index is 12.5. The Bertz CT molecular complexity index is 677. The maximum atomic E-state index is 12.5. The van der Waals surface area contributed by atoms with E-state index in [0.29, 0.717) is 25.4 Å². The number of carbonyl (C=O) groups is 1. The number of methoxy groups -OCH3 is 1. The van der Waals surface area contributed by atoms with Gasteiger partial charge < -0.3 is 14.4 Å². The molecule has 1 fully saturated rings. The van der Waals surface area contributed by atoms with Crippen LogP contribution in [0.3, 0.4) is 0 Å². The van der Waals surface area contributed by atoms with Crippen LogP contribution in [0.4, 0.5) is 0 Å². The highest BCUT2D eigenvalue weighted by Gasteiger charge is 2.25. The van der Waals surface area contributed by atoms with Crippen LogP contribution in [-0.2, 0) is 9.53 Å². The third kappa shape index (κ3) is 4.30. The van der Waals surface area contributed by atoms with Gasteiger partial charge in [0.05, 0.1) is 26.0 Å². The first-order valence-electron chi connectivity index (χ1n) is 7.97. The predicted octanol–water partition coefficient (Wildman–Crippen LogP) is 3.39. The van der Waals surface area contributed by atoms with Gasteiger partial charge in [-0.3, -0.25) is 4.79 Å². The van der Waals surface area contributed by atoms with Crippen molar-refractivity contribution < 1.29 is 14.3 Å². The lowest BCUT2D eigenvalue weighted by Crippen LogP contribution is -2.43. The van der Waals surface area contributed by atoms with Crippen LogP contribution in [0.1, 0.15) is 11.7 Å². The highest BCUT2D eigenvalue weighted by Crippen LogP contribution is 2.25. The number of morpholine rings is 1. The Morgan fingerprint density at radius 1 is 1.25 bits per heavy atom. The van der Waals surface area contributed by atoms with Crippen molar-refractivity contribution in [2.45, 2.75) is 11.0 Å². The molecule has 5 heteroatoms. The lowest BCUT2D eigenvalue weighted by atomic mass is 10.1. The summed E-state index contributed by atoms with van der Waals surface area (Å²) in [4.78, 5) is 15.5. The summed E-state index contributed by atoms with van der Waals surface area (Å²) in [5, 5.41) is 0. The molecule has 3 rings (SSSR count). The van der Waals surface area contributed by atoms with Crippen molar-refractivity contribution >= 4 is 17.7 Å². The molecule has 4 nitrogen and oxygen atoms in total. The van der Waals surface area contributed by atoms with Gasteiger partial charge in [-0.15, -0.1) is 11.8 Å². The average molecular weight is 343 g/mol. The van der Waals surface area contributed by atoms with Crippen LogP contribution < -0.4 is 4.74 Å².